The van der Waals surface area contributed by atoms with Gasteiger partial charge >= 0.3 is 6.18 Å². The highest BCUT2D eigenvalue weighted by Crippen LogP contribution is 2.31. The van der Waals surface area contributed by atoms with E-state index in [0.717, 1.165) is 41.3 Å². The van der Waals surface area contributed by atoms with Crippen molar-refractivity contribution in [2.75, 3.05) is 16.4 Å². The van der Waals surface area contributed by atoms with E-state index in [0.29, 0.717) is 4.34 Å². The standard InChI is InChI=1S/C18H12F4N4O2S2/c19-13-7-2-1-6-12(13)15(28)24-16-25-26-17(30-16)29-9-14(27)23-11-5-3-4-10(8-11)18(20,21)22/h1-8H,9H2,(H,23,27)(H,24,25,28). The number of hydrogen-bond donors (Lipinski definition) is 2. The van der Waals surface area contributed by atoms with Gasteiger partial charge in [-0.25, -0.2) is 4.39 Å². The largest absolute Gasteiger partial charge is 0.416 e. The van der Waals surface area contributed by atoms with Gasteiger partial charge in [0.05, 0.1) is 16.9 Å². The molecule has 0 bridgehead atoms. The molecule has 12 heteroatoms. The first-order chi connectivity index (χ1) is 14.2. The predicted molar refractivity (Wildman–Crippen MR) is 105 cm³/mol. The summed E-state index contributed by atoms with van der Waals surface area (Å²) in [6.45, 7) is 0. The van der Waals surface area contributed by atoms with E-state index in [1.54, 1.807) is 0 Å². The Balaban J connectivity index is 1.53. The molecule has 2 N–H and O–H groups in total. The van der Waals surface area contributed by atoms with Gasteiger partial charge in [0.1, 0.15) is 5.82 Å². The fraction of sp³-hybridized carbons (Fsp3) is 0.111. The van der Waals surface area contributed by atoms with Crippen LogP contribution in [0.25, 0.3) is 0 Å². The molecule has 0 atom stereocenters. The van der Waals surface area contributed by atoms with E-state index < -0.39 is 29.4 Å². The molecule has 0 aliphatic heterocycles. The van der Waals surface area contributed by atoms with Crippen molar-refractivity contribution in [1.82, 2.24) is 10.2 Å². The number of aromatic nitrogens is 2. The molecule has 0 aliphatic carbocycles. The first-order valence-electron chi connectivity index (χ1n) is 8.21. The van der Waals surface area contributed by atoms with Crippen molar-refractivity contribution in [3.8, 4) is 0 Å². The van der Waals surface area contributed by atoms with Gasteiger partial charge in [0.25, 0.3) is 5.91 Å². The lowest BCUT2D eigenvalue weighted by Gasteiger charge is -2.09. The number of carbonyl (C=O) groups is 2. The van der Waals surface area contributed by atoms with E-state index in [-0.39, 0.29) is 22.1 Å². The highest BCUT2D eigenvalue weighted by molar-refractivity contribution is 8.01. The lowest BCUT2D eigenvalue weighted by atomic mass is 10.2. The summed E-state index contributed by atoms with van der Waals surface area (Å²) in [5.41, 5.74) is -1.000. The second-order valence-electron chi connectivity index (χ2n) is 5.72. The summed E-state index contributed by atoms with van der Waals surface area (Å²) in [4.78, 5) is 24.0. The summed E-state index contributed by atoms with van der Waals surface area (Å²) >= 11 is 1.96. The van der Waals surface area contributed by atoms with Gasteiger partial charge in [-0.05, 0) is 30.3 Å². The molecule has 156 valence electrons. The summed E-state index contributed by atoms with van der Waals surface area (Å²) in [7, 11) is 0. The molecule has 0 saturated heterocycles. The zero-order valence-corrected chi connectivity index (χ0v) is 16.5. The average Bonchev–Trinajstić information content (AvgIpc) is 3.13. The van der Waals surface area contributed by atoms with Gasteiger partial charge in [-0.3, -0.25) is 14.9 Å². The summed E-state index contributed by atoms with van der Waals surface area (Å²) in [6, 6.07) is 9.73. The van der Waals surface area contributed by atoms with E-state index in [4.69, 9.17) is 0 Å². The minimum absolute atomic E-state index is 0.0190. The number of rotatable bonds is 6. The summed E-state index contributed by atoms with van der Waals surface area (Å²) in [6.07, 6.45) is -4.51. The number of amides is 2. The lowest BCUT2D eigenvalue weighted by molar-refractivity contribution is -0.137. The Morgan fingerprint density at radius 2 is 1.80 bits per heavy atom. The summed E-state index contributed by atoms with van der Waals surface area (Å²) in [5.74, 6) is -2.04. The van der Waals surface area contributed by atoms with Crippen LogP contribution in [0.2, 0.25) is 0 Å². The molecule has 0 spiro atoms. The van der Waals surface area contributed by atoms with E-state index in [2.05, 4.69) is 20.8 Å². The second kappa shape index (κ2) is 9.22. The first-order valence-corrected chi connectivity index (χ1v) is 10.0. The van der Waals surface area contributed by atoms with Crippen molar-refractivity contribution in [1.29, 1.82) is 0 Å². The van der Waals surface area contributed by atoms with Gasteiger partial charge in [-0.2, -0.15) is 13.2 Å². The van der Waals surface area contributed by atoms with Crippen LogP contribution in [0, 0.1) is 5.82 Å². The third-order valence-corrected chi connectivity index (χ3v) is 5.52. The Bertz CT molecular complexity index is 1070. The lowest BCUT2D eigenvalue weighted by Crippen LogP contribution is -2.15. The zero-order chi connectivity index (χ0) is 21.7. The Morgan fingerprint density at radius 3 is 2.53 bits per heavy atom. The average molecular weight is 456 g/mol. The van der Waals surface area contributed by atoms with Crippen LogP contribution in [0.1, 0.15) is 15.9 Å². The van der Waals surface area contributed by atoms with Crippen molar-refractivity contribution in [3.63, 3.8) is 0 Å². The topological polar surface area (TPSA) is 84.0 Å². The van der Waals surface area contributed by atoms with Crippen LogP contribution < -0.4 is 10.6 Å². The Labute approximate surface area is 175 Å². The normalized spacial score (nSPS) is 11.2. The van der Waals surface area contributed by atoms with Crippen molar-refractivity contribution in [3.05, 3.63) is 65.5 Å². The Kier molecular flexibility index (Phi) is 6.67. The third-order valence-electron chi connectivity index (χ3n) is 3.55. The molecule has 6 nitrogen and oxygen atoms in total. The summed E-state index contributed by atoms with van der Waals surface area (Å²) < 4.78 is 52.1. The van der Waals surface area contributed by atoms with Gasteiger partial charge in [-0.15, -0.1) is 10.2 Å². The number of hydrogen-bond acceptors (Lipinski definition) is 6. The molecule has 2 aromatic carbocycles. The molecule has 1 aromatic heterocycles. The molecular formula is C18H12F4N4O2S2. The number of thioether (sulfide) groups is 1. The Hall–Kier alpha value is -2.99. The van der Waals surface area contributed by atoms with Gasteiger partial charge in [0.2, 0.25) is 11.0 Å². The SMILES string of the molecule is O=C(CSc1nnc(NC(=O)c2ccccc2F)s1)Nc1cccc(C(F)(F)F)c1. The van der Waals surface area contributed by atoms with Crippen LogP contribution in [0.15, 0.2) is 52.9 Å². The van der Waals surface area contributed by atoms with Gasteiger partial charge in [0, 0.05) is 5.69 Å². The highest BCUT2D eigenvalue weighted by atomic mass is 32.2. The van der Waals surface area contributed by atoms with Crippen molar-refractivity contribution in [2.45, 2.75) is 10.5 Å². The molecule has 0 radical (unpaired) electrons. The number of nitrogens with one attached hydrogen (secondary N) is 2. The maximum atomic E-state index is 13.6. The molecule has 3 aromatic rings. The molecule has 2 amide bonds. The molecule has 1 heterocycles. The molecule has 30 heavy (non-hydrogen) atoms. The first kappa shape index (κ1) is 21.7. The second-order valence-corrected chi connectivity index (χ2v) is 7.92. The third kappa shape index (κ3) is 5.76. The minimum atomic E-state index is -4.51. The number of anilines is 2. The number of carbonyl (C=O) groups excluding carboxylic acids is 2. The monoisotopic (exact) mass is 456 g/mol. The van der Waals surface area contributed by atoms with Crippen LogP contribution in [-0.4, -0.2) is 27.8 Å². The molecular weight excluding hydrogens is 444 g/mol. The molecule has 0 saturated carbocycles. The smallest absolute Gasteiger partial charge is 0.325 e. The van der Waals surface area contributed by atoms with Crippen molar-refractivity contribution < 1.29 is 27.2 Å². The van der Waals surface area contributed by atoms with E-state index >= 15 is 0 Å². The van der Waals surface area contributed by atoms with E-state index in [1.807, 2.05) is 0 Å². The zero-order valence-electron chi connectivity index (χ0n) is 14.9. The molecule has 0 aliphatic rings. The van der Waals surface area contributed by atoms with Crippen LogP contribution >= 0.6 is 23.1 Å². The van der Waals surface area contributed by atoms with Gasteiger partial charge < -0.3 is 5.32 Å². The van der Waals surface area contributed by atoms with Crippen LogP contribution in [0.4, 0.5) is 28.4 Å². The van der Waals surface area contributed by atoms with Crippen molar-refractivity contribution in [2.24, 2.45) is 0 Å². The fourth-order valence-electron chi connectivity index (χ4n) is 2.23. The molecule has 0 unspecified atom stereocenters. The van der Waals surface area contributed by atoms with Crippen LogP contribution in [0.3, 0.4) is 0 Å². The maximum Gasteiger partial charge on any atom is 0.416 e. The van der Waals surface area contributed by atoms with E-state index in [1.165, 1.54) is 30.3 Å². The number of halogens is 4. The number of nitrogens with zero attached hydrogens (tertiary/aromatic N) is 2. The highest BCUT2D eigenvalue weighted by Gasteiger charge is 2.30. The fourth-order valence-corrected chi connectivity index (χ4v) is 3.77. The Morgan fingerprint density at radius 1 is 1.03 bits per heavy atom. The number of alkyl halides is 3. The van der Waals surface area contributed by atoms with E-state index in [9.17, 15) is 27.2 Å². The van der Waals surface area contributed by atoms with Crippen LogP contribution in [0.5, 0.6) is 0 Å². The minimum Gasteiger partial charge on any atom is -0.325 e. The van der Waals surface area contributed by atoms with Crippen molar-refractivity contribution >= 4 is 45.7 Å². The quantitative estimate of drug-likeness (QED) is 0.320. The maximum absolute atomic E-state index is 13.6. The van der Waals surface area contributed by atoms with Gasteiger partial charge in [0.15, 0.2) is 4.34 Å². The molecule has 3 rings (SSSR count). The van der Waals surface area contributed by atoms with Gasteiger partial charge in [-0.1, -0.05) is 41.3 Å². The predicted octanol–water partition coefficient (Wildman–Crippen LogP) is 4.68. The van der Waals surface area contributed by atoms with Crippen LogP contribution in [-0.2, 0) is 11.0 Å². The summed E-state index contributed by atoms with van der Waals surface area (Å²) in [5, 5.41) is 12.5. The number of benzene rings is 2. The molecule has 0 fully saturated rings.